The van der Waals surface area contributed by atoms with Crippen LogP contribution in [0, 0.1) is 0 Å². The van der Waals surface area contributed by atoms with Crippen molar-refractivity contribution in [3.8, 4) is 0 Å². The highest BCUT2D eigenvalue weighted by Crippen LogP contribution is 2.16. The molecule has 0 heteroatoms. The Morgan fingerprint density at radius 1 is 0.222 bits per heavy atom. The van der Waals surface area contributed by atoms with Crippen LogP contribution in [0.15, 0.2) is 12.2 Å². The summed E-state index contributed by atoms with van der Waals surface area (Å²) >= 11 is 0. The minimum absolute atomic E-state index is 1.31. The summed E-state index contributed by atoms with van der Waals surface area (Å²) in [6.07, 6.45) is 51.4. The highest BCUT2D eigenvalue weighted by molar-refractivity contribution is 4.81. The summed E-state index contributed by atoms with van der Waals surface area (Å²) in [5.74, 6) is 0. The molecule has 216 valence electrons. The van der Waals surface area contributed by atoms with Crippen LogP contribution in [0.2, 0.25) is 0 Å². The van der Waals surface area contributed by atoms with Crippen molar-refractivity contribution in [3.05, 3.63) is 12.2 Å². The summed E-state index contributed by atoms with van der Waals surface area (Å²) in [7, 11) is 0. The summed E-state index contributed by atoms with van der Waals surface area (Å²) in [6.45, 7) is 4.60. The van der Waals surface area contributed by atoms with Crippen LogP contribution in [-0.4, -0.2) is 0 Å². The van der Waals surface area contributed by atoms with Crippen molar-refractivity contribution in [2.75, 3.05) is 0 Å². The largest absolute Gasteiger partial charge is 0.0885 e. The summed E-state index contributed by atoms with van der Waals surface area (Å²) in [5, 5.41) is 0. The molecule has 0 aliphatic rings. The van der Waals surface area contributed by atoms with Gasteiger partial charge in [-0.05, 0) is 25.7 Å². The number of allylic oxidation sites excluding steroid dienone is 2. The van der Waals surface area contributed by atoms with Crippen LogP contribution in [0.1, 0.15) is 219 Å². The first kappa shape index (κ1) is 35.7. The lowest BCUT2D eigenvalue weighted by Gasteiger charge is -2.04. The maximum Gasteiger partial charge on any atom is -0.0351 e. The zero-order valence-electron chi connectivity index (χ0n) is 25.8. The quantitative estimate of drug-likeness (QED) is 0.0631. The van der Waals surface area contributed by atoms with Crippen molar-refractivity contribution in [2.45, 2.75) is 219 Å². The molecular formula is C36H72. The van der Waals surface area contributed by atoms with Crippen molar-refractivity contribution < 1.29 is 0 Å². The summed E-state index contributed by atoms with van der Waals surface area (Å²) in [6, 6.07) is 0. The maximum atomic E-state index is 2.45. The summed E-state index contributed by atoms with van der Waals surface area (Å²) in [4.78, 5) is 0. The normalized spacial score (nSPS) is 11.7. The molecule has 0 atom stereocenters. The van der Waals surface area contributed by atoms with E-state index in [1.807, 2.05) is 0 Å². The van der Waals surface area contributed by atoms with E-state index in [4.69, 9.17) is 0 Å². The molecule has 0 aliphatic carbocycles. The van der Waals surface area contributed by atoms with Gasteiger partial charge in [0.2, 0.25) is 0 Å². The van der Waals surface area contributed by atoms with Gasteiger partial charge < -0.3 is 0 Å². The second kappa shape index (κ2) is 34.7. The van der Waals surface area contributed by atoms with Gasteiger partial charge in [0, 0.05) is 0 Å². The van der Waals surface area contributed by atoms with Gasteiger partial charge in [0.15, 0.2) is 0 Å². The second-order valence-electron chi connectivity index (χ2n) is 11.9. The van der Waals surface area contributed by atoms with Gasteiger partial charge in [-0.2, -0.15) is 0 Å². The Labute approximate surface area is 231 Å². The summed E-state index contributed by atoms with van der Waals surface area (Å²) in [5.41, 5.74) is 0. The third kappa shape index (κ3) is 33.7. The molecule has 0 radical (unpaired) electrons. The van der Waals surface area contributed by atoms with Gasteiger partial charge in [-0.25, -0.2) is 0 Å². The molecular weight excluding hydrogens is 432 g/mol. The third-order valence-electron chi connectivity index (χ3n) is 8.12. The number of rotatable bonds is 32. The third-order valence-corrected chi connectivity index (χ3v) is 8.12. The smallest absolute Gasteiger partial charge is 0.0351 e. The van der Waals surface area contributed by atoms with Gasteiger partial charge in [-0.15, -0.1) is 0 Å². The minimum Gasteiger partial charge on any atom is -0.0885 e. The van der Waals surface area contributed by atoms with E-state index in [0.717, 1.165) is 0 Å². The van der Waals surface area contributed by atoms with Crippen LogP contribution in [0.25, 0.3) is 0 Å². The zero-order chi connectivity index (χ0) is 26.0. The molecule has 0 saturated carbocycles. The van der Waals surface area contributed by atoms with Crippen molar-refractivity contribution in [2.24, 2.45) is 0 Å². The molecule has 0 amide bonds. The standard InChI is InChI=1S/C36H72/c1-3-5-7-9-11-13-15-17-19-21-23-25-27-29-31-33-35-36-34-32-30-28-26-24-22-20-18-16-14-12-10-8-6-4-2/h17,19H,3-16,18,20-36H2,1-2H3. The van der Waals surface area contributed by atoms with E-state index in [0.29, 0.717) is 0 Å². The molecule has 0 aliphatic heterocycles. The average Bonchev–Trinajstić information content (AvgIpc) is 2.89. The topological polar surface area (TPSA) is 0 Å². The predicted octanol–water partition coefficient (Wildman–Crippen LogP) is 14.1. The van der Waals surface area contributed by atoms with Gasteiger partial charge in [0.05, 0.1) is 0 Å². The van der Waals surface area contributed by atoms with E-state index in [-0.39, 0.29) is 0 Å². The Morgan fingerprint density at radius 2 is 0.389 bits per heavy atom. The predicted molar refractivity (Wildman–Crippen MR) is 168 cm³/mol. The highest BCUT2D eigenvalue weighted by Gasteiger charge is 1.96. The molecule has 0 N–H and O–H groups in total. The van der Waals surface area contributed by atoms with Crippen LogP contribution in [0.3, 0.4) is 0 Å². The Morgan fingerprint density at radius 3 is 0.583 bits per heavy atom. The monoisotopic (exact) mass is 505 g/mol. The van der Waals surface area contributed by atoms with E-state index in [1.165, 1.54) is 205 Å². The van der Waals surface area contributed by atoms with Crippen LogP contribution in [0.5, 0.6) is 0 Å². The molecule has 0 saturated heterocycles. The molecule has 0 aromatic heterocycles. The van der Waals surface area contributed by atoms with Crippen molar-refractivity contribution in [3.63, 3.8) is 0 Å². The van der Waals surface area contributed by atoms with Crippen LogP contribution < -0.4 is 0 Å². The van der Waals surface area contributed by atoms with Crippen molar-refractivity contribution >= 4 is 0 Å². The van der Waals surface area contributed by atoms with Gasteiger partial charge in [-0.1, -0.05) is 206 Å². The van der Waals surface area contributed by atoms with Crippen LogP contribution >= 0.6 is 0 Å². The first-order chi connectivity index (χ1) is 17.9. The fourth-order valence-electron chi connectivity index (χ4n) is 5.50. The molecule has 0 fully saturated rings. The Kier molecular flexibility index (Phi) is 34.5. The number of hydrogen-bond donors (Lipinski definition) is 0. The lowest BCUT2D eigenvalue weighted by Crippen LogP contribution is -1.84. The van der Waals surface area contributed by atoms with E-state index < -0.39 is 0 Å². The first-order valence-corrected chi connectivity index (χ1v) is 17.6. The fraction of sp³-hybridized carbons (Fsp3) is 0.944. The first-order valence-electron chi connectivity index (χ1n) is 17.6. The maximum absolute atomic E-state index is 2.45. The molecule has 0 bridgehead atoms. The molecule has 0 spiro atoms. The lowest BCUT2D eigenvalue weighted by atomic mass is 10.0. The molecule has 0 aromatic rings. The van der Waals surface area contributed by atoms with Gasteiger partial charge in [0.25, 0.3) is 0 Å². The van der Waals surface area contributed by atoms with E-state index in [1.54, 1.807) is 0 Å². The SMILES string of the molecule is CCCCCCCCC=CCCCCCCCCCCCCCCCCCCCCCCCCCC. The van der Waals surface area contributed by atoms with Crippen LogP contribution in [-0.2, 0) is 0 Å². The lowest BCUT2D eigenvalue weighted by molar-refractivity contribution is 0.517. The molecule has 0 rings (SSSR count). The van der Waals surface area contributed by atoms with Gasteiger partial charge in [0.1, 0.15) is 0 Å². The second-order valence-corrected chi connectivity index (χ2v) is 11.9. The van der Waals surface area contributed by atoms with Crippen molar-refractivity contribution in [1.29, 1.82) is 0 Å². The number of unbranched alkanes of at least 4 members (excludes halogenated alkanes) is 30. The zero-order valence-corrected chi connectivity index (χ0v) is 25.8. The van der Waals surface area contributed by atoms with Crippen molar-refractivity contribution in [1.82, 2.24) is 0 Å². The molecule has 0 nitrogen and oxygen atoms in total. The summed E-state index contributed by atoms with van der Waals surface area (Å²) < 4.78 is 0. The average molecular weight is 505 g/mol. The van der Waals surface area contributed by atoms with Gasteiger partial charge in [-0.3, -0.25) is 0 Å². The van der Waals surface area contributed by atoms with E-state index in [2.05, 4.69) is 26.0 Å². The van der Waals surface area contributed by atoms with E-state index >= 15 is 0 Å². The molecule has 0 unspecified atom stereocenters. The molecule has 0 heterocycles. The van der Waals surface area contributed by atoms with Gasteiger partial charge >= 0.3 is 0 Å². The highest BCUT2D eigenvalue weighted by atomic mass is 14.0. The fourth-order valence-corrected chi connectivity index (χ4v) is 5.50. The molecule has 0 aromatic carbocycles. The minimum atomic E-state index is 1.31. The van der Waals surface area contributed by atoms with Crippen LogP contribution in [0.4, 0.5) is 0 Å². The molecule has 36 heavy (non-hydrogen) atoms. The van der Waals surface area contributed by atoms with E-state index in [9.17, 15) is 0 Å². The Bertz CT molecular complexity index is 381. The number of hydrogen-bond acceptors (Lipinski definition) is 0. The Balaban J connectivity index is 3.05. The Hall–Kier alpha value is -0.260.